The van der Waals surface area contributed by atoms with Crippen molar-refractivity contribution in [2.75, 3.05) is 22.5 Å². The third-order valence-electron chi connectivity index (χ3n) is 4.42. The first-order chi connectivity index (χ1) is 16.0. The summed E-state index contributed by atoms with van der Waals surface area (Å²) in [4.78, 5) is 25.0. The number of carbonyl (C=O) groups is 1. The summed E-state index contributed by atoms with van der Waals surface area (Å²) in [6.45, 7) is 4.26. The van der Waals surface area contributed by atoms with Crippen LogP contribution in [0.3, 0.4) is 0 Å². The van der Waals surface area contributed by atoms with Crippen LogP contribution in [0.15, 0.2) is 54.6 Å². The molecule has 11 heteroatoms. The van der Waals surface area contributed by atoms with Crippen molar-refractivity contribution in [1.29, 1.82) is 0 Å². The van der Waals surface area contributed by atoms with Crippen LogP contribution < -0.4 is 21.3 Å². The Hall–Kier alpha value is -4.54. The fourth-order valence-corrected chi connectivity index (χ4v) is 2.91. The molecule has 2 aromatic carbocycles. The Bertz CT molecular complexity index is 1240. The zero-order chi connectivity index (χ0) is 23.2. The van der Waals surface area contributed by atoms with Gasteiger partial charge in [-0.25, -0.2) is 9.18 Å². The molecule has 0 aliphatic carbocycles. The Kier molecular flexibility index (Phi) is 6.39. The highest BCUT2D eigenvalue weighted by Gasteiger charge is 2.11. The number of carbonyl (C=O) groups excluding carboxylic acids is 1. The van der Waals surface area contributed by atoms with Crippen LogP contribution in [0.4, 0.5) is 38.3 Å². The number of hydrogen-bond donors (Lipinski definition) is 5. The number of nitrogens with zero attached hydrogens (tertiary/aromatic N) is 4. The summed E-state index contributed by atoms with van der Waals surface area (Å²) in [7, 11) is 0. The van der Waals surface area contributed by atoms with Crippen LogP contribution >= 0.6 is 0 Å². The van der Waals surface area contributed by atoms with Gasteiger partial charge in [-0.05, 0) is 62.4 Å². The number of hydrogen-bond acceptors (Lipinski definition) is 7. The molecule has 0 saturated carbocycles. The van der Waals surface area contributed by atoms with Crippen LogP contribution in [0.1, 0.15) is 12.6 Å². The van der Waals surface area contributed by atoms with Gasteiger partial charge in [-0.15, -0.1) is 0 Å². The molecule has 2 aromatic heterocycles. The Morgan fingerprint density at radius 1 is 0.939 bits per heavy atom. The minimum absolute atomic E-state index is 0.271. The molecule has 4 rings (SSSR count). The Labute approximate surface area is 189 Å². The van der Waals surface area contributed by atoms with E-state index in [1.165, 1.54) is 12.1 Å². The van der Waals surface area contributed by atoms with Crippen molar-refractivity contribution in [2.24, 2.45) is 0 Å². The van der Waals surface area contributed by atoms with Crippen LogP contribution in [-0.2, 0) is 0 Å². The molecule has 0 bridgehead atoms. The summed E-state index contributed by atoms with van der Waals surface area (Å²) in [6, 6.07) is 14.5. The summed E-state index contributed by atoms with van der Waals surface area (Å²) in [5.41, 5.74) is 2.86. The van der Waals surface area contributed by atoms with Gasteiger partial charge in [0.15, 0.2) is 11.6 Å². The fraction of sp³-hybridized carbons (Fsp3) is 0.136. The predicted molar refractivity (Wildman–Crippen MR) is 124 cm³/mol. The molecular weight excluding hydrogens is 425 g/mol. The molecule has 4 aromatic rings. The van der Waals surface area contributed by atoms with Crippen molar-refractivity contribution in [3.63, 3.8) is 0 Å². The summed E-state index contributed by atoms with van der Waals surface area (Å²) in [5.74, 6) is 1.11. The number of benzene rings is 2. The van der Waals surface area contributed by atoms with E-state index in [4.69, 9.17) is 0 Å². The number of urea groups is 1. The summed E-state index contributed by atoms with van der Waals surface area (Å²) in [5, 5.41) is 18.6. The average molecular weight is 447 g/mol. The molecule has 0 spiro atoms. The van der Waals surface area contributed by atoms with Crippen molar-refractivity contribution in [2.45, 2.75) is 13.8 Å². The Balaban J connectivity index is 1.59. The summed E-state index contributed by atoms with van der Waals surface area (Å²) >= 11 is 0. The first kappa shape index (κ1) is 21.7. The molecule has 10 nitrogen and oxygen atoms in total. The normalized spacial score (nSPS) is 10.5. The Morgan fingerprint density at radius 3 is 2.24 bits per heavy atom. The van der Waals surface area contributed by atoms with E-state index in [0.717, 1.165) is 5.69 Å². The minimum Gasteiger partial charge on any atom is -0.338 e. The number of aryl methyl sites for hydroxylation is 1. The third kappa shape index (κ3) is 5.79. The van der Waals surface area contributed by atoms with Gasteiger partial charge in [-0.3, -0.25) is 5.10 Å². The highest BCUT2D eigenvalue weighted by Crippen LogP contribution is 2.23. The lowest BCUT2D eigenvalue weighted by atomic mass is 10.2. The molecule has 168 valence electrons. The number of aromatic amines is 1. The molecule has 0 saturated heterocycles. The number of H-pyrrole nitrogens is 1. The minimum atomic E-state index is -0.349. The Morgan fingerprint density at radius 2 is 1.61 bits per heavy atom. The van der Waals surface area contributed by atoms with Crippen LogP contribution in [-0.4, -0.2) is 37.7 Å². The molecule has 0 aliphatic heterocycles. The maximum absolute atomic E-state index is 13.4. The van der Waals surface area contributed by atoms with E-state index in [-0.39, 0.29) is 23.7 Å². The van der Waals surface area contributed by atoms with Gasteiger partial charge in [0.05, 0.1) is 0 Å². The van der Waals surface area contributed by atoms with Crippen LogP contribution in [0.2, 0.25) is 0 Å². The maximum Gasteiger partial charge on any atom is 0.319 e. The maximum atomic E-state index is 13.4. The van der Waals surface area contributed by atoms with Gasteiger partial charge >= 0.3 is 6.03 Å². The zero-order valence-electron chi connectivity index (χ0n) is 18.0. The lowest BCUT2D eigenvalue weighted by molar-refractivity contribution is 0.252. The van der Waals surface area contributed by atoms with Gasteiger partial charge in [-0.1, -0.05) is 0 Å². The van der Waals surface area contributed by atoms with E-state index in [2.05, 4.69) is 46.4 Å². The standard InChI is InChI=1S/C22H22FN9O/c1-3-24-22(33)26-17-10-8-16(9-11-17)25-20-28-19(14-4-6-15(23)7-5-14)29-21(30-20)27-18-12-13(2)31-32-18/h4-12H,3H2,1-2H3,(H2,24,26,33)(H3,25,27,28,29,30,31,32). The van der Waals surface area contributed by atoms with Crippen molar-refractivity contribution < 1.29 is 9.18 Å². The second-order valence-corrected chi connectivity index (χ2v) is 7.06. The van der Waals surface area contributed by atoms with E-state index >= 15 is 0 Å². The molecule has 0 fully saturated rings. The molecule has 2 amide bonds. The van der Waals surface area contributed by atoms with Gasteiger partial charge in [-0.2, -0.15) is 20.1 Å². The van der Waals surface area contributed by atoms with E-state index in [9.17, 15) is 9.18 Å². The van der Waals surface area contributed by atoms with Crippen LogP contribution in [0, 0.1) is 12.7 Å². The number of aromatic nitrogens is 5. The first-order valence-corrected chi connectivity index (χ1v) is 10.2. The van der Waals surface area contributed by atoms with Gasteiger partial charge in [0.25, 0.3) is 0 Å². The van der Waals surface area contributed by atoms with Gasteiger partial charge in [0, 0.05) is 35.2 Å². The smallest absolute Gasteiger partial charge is 0.319 e. The number of nitrogens with one attached hydrogen (secondary N) is 5. The van der Waals surface area contributed by atoms with Gasteiger partial charge in [0.2, 0.25) is 11.9 Å². The number of halogens is 1. The molecule has 2 heterocycles. The molecular formula is C22H22FN9O. The second kappa shape index (κ2) is 9.73. The average Bonchev–Trinajstić information content (AvgIpc) is 3.20. The molecule has 0 atom stereocenters. The topological polar surface area (TPSA) is 133 Å². The lowest BCUT2D eigenvalue weighted by Crippen LogP contribution is -2.28. The highest BCUT2D eigenvalue weighted by molar-refractivity contribution is 5.89. The second-order valence-electron chi connectivity index (χ2n) is 7.06. The van der Waals surface area contributed by atoms with E-state index in [1.807, 2.05) is 19.9 Å². The third-order valence-corrected chi connectivity index (χ3v) is 4.42. The largest absolute Gasteiger partial charge is 0.338 e. The molecule has 33 heavy (non-hydrogen) atoms. The SMILES string of the molecule is CCNC(=O)Nc1ccc(Nc2nc(Nc3cc(C)[nH]n3)nc(-c3ccc(F)cc3)n2)cc1. The van der Waals surface area contributed by atoms with Crippen molar-refractivity contribution in [3.8, 4) is 11.4 Å². The van der Waals surface area contributed by atoms with E-state index in [1.54, 1.807) is 36.4 Å². The molecule has 0 radical (unpaired) electrons. The van der Waals surface area contributed by atoms with Crippen molar-refractivity contribution in [1.82, 2.24) is 30.5 Å². The summed E-state index contributed by atoms with van der Waals surface area (Å²) in [6.07, 6.45) is 0. The van der Waals surface area contributed by atoms with Crippen LogP contribution in [0.25, 0.3) is 11.4 Å². The van der Waals surface area contributed by atoms with E-state index in [0.29, 0.717) is 35.1 Å². The predicted octanol–water partition coefficient (Wildman–Crippen LogP) is 4.34. The van der Waals surface area contributed by atoms with Crippen molar-refractivity contribution in [3.05, 3.63) is 66.1 Å². The lowest BCUT2D eigenvalue weighted by Gasteiger charge is -2.11. The molecule has 5 N–H and O–H groups in total. The van der Waals surface area contributed by atoms with Gasteiger partial charge < -0.3 is 21.3 Å². The summed E-state index contributed by atoms with van der Waals surface area (Å²) < 4.78 is 13.4. The fourth-order valence-electron chi connectivity index (χ4n) is 2.91. The van der Waals surface area contributed by atoms with E-state index < -0.39 is 0 Å². The first-order valence-electron chi connectivity index (χ1n) is 10.2. The quantitative estimate of drug-likeness (QED) is 0.285. The number of anilines is 5. The number of rotatable bonds is 7. The monoisotopic (exact) mass is 447 g/mol. The van der Waals surface area contributed by atoms with Crippen LogP contribution in [0.5, 0.6) is 0 Å². The molecule has 0 aliphatic rings. The molecule has 0 unspecified atom stereocenters. The zero-order valence-corrected chi connectivity index (χ0v) is 18.0. The van der Waals surface area contributed by atoms with Gasteiger partial charge in [0.1, 0.15) is 5.82 Å². The number of amides is 2. The van der Waals surface area contributed by atoms with Crippen molar-refractivity contribution >= 4 is 35.1 Å². The highest BCUT2D eigenvalue weighted by atomic mass is 19.1.